The van der Waals surface area contributed by atoms with E-state index in [1.54, 1.807) is 6.07 Å². The van der Waals surface area contributed by atoms with Crippen molar-refractivity contribution in [1.29, 1.82) is 0 Å². The van der Waals surface area contributed by atoms with Crippen molar-refractivity contribution in [3.8, 4) is 0 Å². The Morgan fingerprint density at radius 2 is 2.07 bits per heavy atom. The molecule has 28 heavy (non-hydrogen) atoms. The molecule has 0 spiro atoms. The van der Waals surface area contributed by atoms with Crippen LogP contribution in [0.15, 0.2) is 33.8 Å². The molecule has 1 amide bonds. The van der Waals surface area contributed by atoms with E-state index < -0.39 is 11.7 Å². The standard InChI is InChI=1S/C18H17BrFN5O2S/c19-11-4-5-13(12(20)8-11)22-14(26)9-25-10-21-16-15(17(25)27)28-18(23-16)24-6-2-1-3-7-24/h4-5,8,10H,1-3,6-7,9H2,(H,22,26). The zero-order valence-corrected chi connectivity index (χ0v) is 17.2. The van der Waals surface area contributed by atoms with Gasteiger partial charge < -0.3 is 10.2 Å². The number of rotatable bonds is 4. The zero-order valence-electron chi connectivity index (χ0n) is 14.8. The summed E-state index contributed by atoms with van der Waals surface area (Å²) < 4.78 is 16.1. The predicted octanol–water partition coefficient (Wildman–Crippen LogP) is 3.38. The van der Waals surface area contributed by atoms with E-state index in [4.69, 9.17) is 0 Å². The fraction of sp³-hybridized carbons (Fsp3) is 0.333. The minimum atomic E-state index is -0.558. The van der Waals surface area contributed by atoms with Crippen LogP contribution in [0.1, 0.15) is 19.3 Å². The molecular weight excluding hydrogens is 449 g/mol. The van der Waals surface area contributed by atoms with E-state index in [9.17, 15) is 14.0 Å². The Bertz CT molecular complexity index is 1090. The number of piperidine rings is 1. The van der Waals surface area contributed by atoms with Crippen LogP contribution in [-0.4, -0.2) is 33.5 Å². The summed E-state index contributed by atoms with van der Waals surface area (Å²) in [5.41, 5.74) is 0.129. The SMILES string of the molecule is O=C(Cn1cnc2nc(N3CCCCC3)sc2c1=O)Nc1ccc(Br)cc1F. The fourth-order valence-electron chi connectivity index (χ4n) is 3.10. The average Bonchev–Trinajstić information content (AvgIpc) is 3.12. The van der Waals surface area contributed by atoms with Crippen LogP contribution in [0, 0.1) is 5.82 Å². The van der Waals surface area contributed by atoms with E-state index in [0.29, 0.717) is 14.8 Å². The Balaban J connectivity index is 1.54. The molecule has 0 atom stereocenters. The third-order valence-electron chi connectivity index (χ3n) is 4.52. The van der Waals surface area contributed by atoms with Crippen molar-refractivity contribution < 1.29 is 9.18 Å². The summed E-state index contributed by atoms with van der Waals surface area (Å²) in [5.74, 6) is -1.07. The molecule has 1 N–H and O–H groups in total. The summed E-state index contributed by atoms with van der Waals surface area (Å²) in [7, 11) is 0. The number of carbonyl (C=O) groups excluding carboxylic acids is 1. The summed E-state index contributed by atoms with van der Waals surface area (Å²) in [5, 5.41) is 3.27. The highest BCUT2D eigenvalue weighted by Crippen LogP contribution is 2.27. The van der Waals surface area contributed by atoms with E-state index in [-0.39, 0.29) is 17.8 Å². The van der Waals surface area contributed by atoms with Crippen LogP contribution in [0.25, 0.3) is 10.3 Å². The van der Waals surface area contributed by atoms with Crippen molar-refractivity contribution >= 4 is 54.3 Å². The molecule has 10 heteroatoms. The molecule has 3 heterocycles. The van der Waals surface area contributed by atoms with Crippen LogP contribution in [0.3, 0.4) is 0 Å². The second-order valence-electron chi connectivity index (χ2n) is 6.55. The van der Waals surface area contributed by atoms with Crippen molar-refractivity contribution in [2.75, 3.05) is 23.3 Å². The molecule has 1 saturated heterocycles. The molecule has 1 aromatic carbocycles. The largest absolute Gasteiger partial charge is 0.348 e. The van der Waals surface area contributed by atoms with E-state index in [0.717, 1.165) is 31.1 Å². The molecule has 3 aromatic rings. The number of carbonyl (C=O) groups is 1. The number of nitrogens with zero attached hydrogens (tertiary/aromatic N) is 4. The molecule has 2 aromatic heterocycles. The molecule has 4 rings (SSSR count). The maximum Gasteiger partial charge on any atom is 0.273 e. The van der Waals surface area contributed by atoms with Gasteiger partial charge in [-0.05, 0) is 37.5 Å². The van der Waals surface area contributed by atoms with E-state index >= 15 is 0 Å². The van der Waals surface area contributed by atoms with Gasteiger partial charge in [0, 0.05) is 17.6 Å². The average molecular weight is 466 g/mol. The van der Waals surface area contributed by atoms with Gasteiger partial charge in [-0.2, -0.15) is 4.98 Å². The number of aromatic nitrogens is 3. The van der Waals surface area contributed by atoms with Crippen LogP contribution >= 0.6 is 27.3 Å². The molecular formula is C18H17BrFN5O2S. The Labute approximate surface area is 172 Å². The molecule has 1 aliphatic rings. The van der Waals surface area contributed by atoms with Gasteiger partial charge >= 0.3 is 0 Å². The highest BCUT2D eigenvalue weighted by Gasteiger charge is 2.18. The number of anilines is 2. The van der Waals surface area contributed by atoms with Crippen molar-refractivity contribution in [3.63, 3.8) is 0 Å². The highest BCUT2D eigenvalue weighted by molar-refractivity contribution is 9.10. The third kappa shape index (κ3) is 3.93. The van der Waals surface area contributed by atoms with Gasteiger partial charge in [-0.15, -0.1) is 0 Å². The van der Waals surface area contributed by atoms with Crippen LogP contribution in [0.4, 0.5) is 15.2 Å². The monoisotopic (exact) mass is 465 g/mol. The van der Waals surface area contributed by atoms with E-state index in [2.05, 4.69) is 36.1 Å². The van der Waals surface area contributed by atoms with Gasteiger partial charge in [0.15, 0.2) is 10.8 Å². The summed E-state index contributed by atoms with van der Waals surface area (Å²) in [6.45, 7) is 1.60. The lowest BCUT2D eigenvalue weighted by molar-refractivity contribution is -0.116. The number of hydrogen-bond acceptors (Lipinski definition) is 6. The van der Waals surface area contributed by atoms with Gasteiger partial charge in [-0.1, -0.05) is 27.3 Å². The quantitative estimate of drug-likeness (QED) is 0.638. The minimum absolute atomic E-state index is 0.0560. The lowest BCUT2D eigenvalue weighted by Gasteiger charge is -2.25. The smallest absolute Gasteiger partial charge is 0.273 e. The van der Waals surface area contributed by atoms with E-state index in [1.807, 2.05) is 0 Å². The first-order valence-electron chi connectivity index (χ1n) is 8.87. The Kier molecular flexibility index (Phi) is 5.40. The number of amides is 1. The summed E-state index contributed by atoms with van der Waals surface area (Å²) in [4.78, 5) is 35.9. The van der Waals surface area contributed by atoms with Gasteiger partial charge in [0.2, 0.25) is 5.91 Å². The fourth-order valence-corrected chi connectivity index (χ4v) is 4.46. The normalized spacial score (nSPS) is 14.4. The number of fused-ring (bicyclic) bond motifs is 1. The second-order valence-corrected chi connectivity index (χ2v) is 8.44. The summed E-state index contributed by atoms with van der Waals surface area (Å²) in [6.07, 6.45) is 4.74. The van der Waals surface area contributed by atoms with Gasteiger partial charge in [-0.3, -0.25) is 14.2 Å². The molecule has 146 valence electrons. The Morgan fingerprint density at radius 3 is 2.82 bits per heavy atom. The number of nitrogens with one attached hydrogen (secondary N) is 1. The van der Waals surface area contributed by atoms with Gasteiger partial charge in [0.05, 0.1) is 5.69 Å². The molecule has 1 fully saturated rings. The van der Waals surface area contributed by atoms with Crippen LogP contribution in [0.5, 0.6) is 0 Å². The molecule has 0 unspecified atom stereocenters. The first-order chi connectivity index (χ1) is 13.5. The lowest BCUT2D eigenvalue weighted by atomic mass is 10.1. The predicted molar refractivity (Wildman–Crippen MR) is 110 cm³/mol. The zero-order chi connectivity index (χ0) is 19.7. The van der Waals surface area contributed by atoms with Crippen molar-refractivity contribution in [2.24, 2.45) is 0 Å². The summed E-state index contributed by atoms with van der Waals surface area (Å²) >= 11 is 4.47. The maximum absolute atomic E-state index is 13.9. The minimum Gasteiger partial charge on any atom is -0.348 e. The Morgan fingerprint density at radius 1 is 1.29 bits per heavy atom. The molecule has 7 nitrogen and oxygen atoms in total. The highest BCUT2D eigenvalue weighted by atomic mass is 79.9. The van der Waals surface area contributed by atoms with Crippen LogP contribution < -0.4 is 15.8 Å². The second kappa shape index (κ2) is 7.96. The van der Waals surface area contributed by atoms with Crippen molar-refractivity contribution in [3.05, 3.63) is 45.2 Å². The first-order valence-corrected chi connectivity index (χ1v) is 10.5. The molecule has 0 bridgehead atoms. The lowest BCUT2D eigenvalue weighted by Crippen LogP contribution is -2.29. The van der Waals surface area contributed by atoms with Crippen molar-refractivity contribution in [1.82, 2.24) is 14.5 Å². The maximum atomic E-state index is 13.9. The summed E-state index contributed by atoms with van der Waals surface area (Å²) in [6, 6.07) is 4.34. The third-order valence-corrected chi connectivity index (χ3v) is 6.10. The van der Waals surface area contributed by atoms with Gasteiger partial charge in [0.25, 0.3) is 5.56 Å². The van der Waals surface area contributed by atoms with E-state index in [1.165, 1.54) is 40.8 Å². The van der Waals surface area contributed by atoms with Crippen LogP contribution in [-0.2, 0) is 11.3 Å². The Hall–Kier alpha value is -2.33. The number of hydrogen-bond donors (Lipinski definition) is 1. The number of halogens is 2. The molecule has 0 radical (unpaired) electrons. The number of benzene rings is 1. The van der Waals surface area contributed by atoms with Crippen LogP contribution in [0.2, 0.25) is 0 Å². The molecule has 0 aliphatic carbocycles. The van der Waals surface area contributed by atoms with Gasteiger partial charge in [0.1, 0.15) is 23.4 Å². The molecule has 1 aliphatic heterocycles. The molecule has 0 saturated carbocycles. The number of thiazole rings is 1. The van der Waals surface area contributed by atoms with Gasteiger partial charge in [-0.25, -0.2) is 9.37 Å². The topological polar surface area (TPSA) is 80.1 Å². The first kappa shape index (κ1) is 19.0. The van der Waals surface area contributed by atoms with Crippen molar-refractivity contribution in [2.45, 2.75) is 25.8 Å².